The van der Waals surface area contributed by atoms with Crippen LogP contribution < -0.4 is 4.74 Å². The van der Waals surface area contributed by atoms with Gasteiger partial charge in [0, 0.05) is 32.8 Å². The van der Waals surface area contributed by atoms with Gasteiger partial charge in [0.15, 0.2) is 0 Å². The third-order valence-electron chi connectivity index (χ3n) is 6.60. The van der Waals surface area contributed by atoms with Crippen LogP contribution >= 0.6 is 0 Å². The molecule has 1 fully saturated rings. The van der Waals surface area contributed by atoms with Crippen LogP contribution in [-0.4, -0.2) is 64.9 Å². The first kappa shape index (κ1) is 27.3. The summed E-state index contributed by atoms with van der Waals surface area (Å²) in [6.45, 7) is 7.91. The summed E-state index contributed by atoms with van der Waals surface area (Å²) in [6.07, 6.45) is 4.57. The van der Waals surface area contributed by atoms with Gasteiger partial charge in [0.05, 0.1) is 35.8 Å². The summed E-state index contributed by atoms with van der Waals surface area (Å²) in [5, 5.41) is 15.8. The van der Waals surface area contributed by atoms with Crippen LogP contribution in [0.1, 0.15) is 50.8 Å². The number of aliphatic hydroxyl groups is 1. The first-order valence-electron chi connectivity index (χ1n) is 13.7. The van der Waals surface area contributed by atoms with Gasteiger partial charge in [0.25, 0.3) is 0 Å². The predicted octanol–water partition coefficient (Wildman–Crippen LogP) is 5.39. The van der Waals surface area contributed by atoms with Crippen LogP contribution in [-0.2, 0) is 22.4 Å². The highest BCUT2D eigenvalue weighted by Gasteiger charge is 2.26. The van der Waals surface area contributed by atoms with Crippen LogP contribution in [0.15, 0.2) is 60.7 Å². The lowest BCUT2D eigenvalue weighted by Gasteiger charge is -2.27. The molecule has 2 heterocycles. The number of benzene rings is 2. The average Bonchev–Trinajstić information content (AvgIpc) is 3.56. The fourth-order valence-corrected chi connectivity index (χ4v) is 4.69. The van der Waals surface area contributed by atoms with Crippen LogP contribution in [0.4, 0.5) is 0 Å². The van der Waals surface area contributed by atoms with Crippen molar-refractivity contribution in [2.75, 3.05) is 32.9 Å². The molecule has 7 nitrogen and oxygen atoms in total. The van der Waals surface area contributed by atoms with Crippen molar-refractivity contribution in [3.05, 3.63) is 71.9 Å². The Balaban J connectivity index is 1.62. The smallest absolute Gasteiger partial charge is 0.227 e. The second-order valence-corrected chi connectivity index (χ2v) is 9.66. The minimum Gasteiger partial charge on any atom is -0.439 e. The summed E-state index contributed by atoms with van der Waals surface area (Å²) in [5.74, 6) is 1.47. The minimum absolute atomic E-state index is 0.168. The van der Waals surface area contributed by atoms with Gasteiger partial charge in [-0.15, -0.1) is 0 Å². The van der Waals surface area contributed by atoms with Crippen molar-refractivity contribution in [2.24, 2.45) is 0 Å². The average molecular weight is 508 g/mol. The topological polar surface area (TPSA) is 69.0 Å². The molecule has 1 N–H and O–H groups in total. The first-order valence-corrected chi connectivity index (χ1v) is 13.7. The van der Waals surface area contributed by atoms with Gasteiger partial charge in [0.2, 0.25) is 5.88 Å². The van der Waals surface area contributed by atoms with Gasteiger partial charge in [-0.05, 0) is 49.9 Å². The van der Waals surface area contributed by atoms with Gasteiger partial charge < -0.3 is 19.3 Å². The summed E-state index contributed by atoms with van der Waals surface area (Å²) >= 11 is 0. The molecule has 7 heteroatoms. The number of aryl methyl sites for hydroxylation is 1. The minimum atomic E-state index is -0.578. The standard InChI is InChI=1S/C30H41N3O4/c1-3-5-18-35-23-25(34)20-32(21-27-17-12-19-36-27)22-28-29(4-2)31-33(24-13-8-6-9-14-24)30(28)37-26-15-10-7-11-16-26/h6-11,13-16,25,27,34H,3-5,12,17-23H2,1-2H3. The fraction of sp³-hybridized carbons (Fsp3) is 0.500. The van der Waals surface area contributed by atoms with Crippen molar-refractivity contribution >= 4 is 0 Å². The second-order valence-electron chi connectivity index (χ2n) is 9.66. The highest BCUT2D eigenvalue weighted by molar-refractivity contribution is 5.43. The second kappa shape index (κ2) is 14.3. The van der Waals surface area contributed by atoms with Crippen LogP contribution in [0, 0.1) is 0 Å². The quantitative estimate of drug-likeness (QED) is 0.278. The normalized spacial score (nSPS) is 16.4. The van der Waals surface area contributed by atoms with E-state index >= 15 is 0 Å². The zero-order valence-corrected chi connectivity index (χ0v) is 22.2. The Hall–Kier alpha value is -2.71. The Morgan fingerprint density at radius 1 is 1.11 bits per heavy atom. The summed E-state index contributed by atoms with van der Waals surface area (Å²) in [6, 6.07) is 19.9. The molecule has 0 aliphatic carbocycles. The Kier molecular flexibility index (Phi) is 10.6. The van der Waals surface area contributed by atoms with E-state index in [9.17, 15) is 5.11 Å². The molecule has 37 heavy (non-hydrogen) atoms. The summed E-state index contributed by atoms with van der Waals surface area (Å²) < 4.78 is 20.1. The third-order valence-corrected chi connectivity index (χ3v) is 6.60. The zero-order valence-electron chi connectivity index (χ0n) is 22.2. The maximum absolute atomic E-state index is 10.8. The van der Waals surface area contributed by atoms with Gasteiger partial charge in [-0.3, -0.25) is 4.90 Å². The molecule has 0 bridgehead atoms. The Bertz CT molecular complexity index is 1050. The summed E-state index contributed by atoms with van der Waals surface area (Å²) in [5.41, 5.74) is 2.97. The number of aliphatic hydroxyl groups excluding tert-OH is 1. The van der Waals surface area contributed by atoms with Crippen molar-refractivity contribution in [2.45, 2.75) is 64.7 Å². The molecule has 4 rings (SSSR count). The molecular formula is C30H41N3O4. The molecule has 0 spiro atoms. The van der Waals surface area contributed by atoms with Gasteiger partial charge >= 0.3 is 0 Å². The number of para-hydroxylation sites is 2. The Morgan fingerprint density at radius 2 is 1.86 bits per heavy atom. The molecule has 1 aromatic heterocycles. The molecule has 1 aliphatic rings. The maximum Gasteiger partial charge on any atom is 0.227 e. The monoisotopic (exact) mass is 507 g/mol. The Morgan fingerprint density at radius 3 is 2.54 bits per heavy atom. The summed E-state index contributed by atoms with van der Waals surface area (Å²) in [7, 11) is 0. The van der Waals surface area contributed by atoms with E-state index in [-0.39, 0.29) is 6.10 Å². The molecular weight excluding hydrogens is 466 g/mol. The van der Waals surface area contributed by atoms with Gasteiger partial charge in [-0.25, -0.2) is 4.68 Å². The van der Waals surface area contributed by atoms with Crippen molar-refractivity contribution in [3.63, 3.8) is 0 Å². The number of aromatic nitrogens is 2. The lowest BCUT2D eigenvalue weighted by atomic mass is 10.1. The number of hydrogen-bond donors (Lipinski definition) is 1. The maximum atomic E-state index is 10.8. The molecule has 1 saturated heterocycles. The van der Waals surface area contributed by atoms with E-state index in [1.807, 2.05) is 65.3 Å². The van der Waals surface area contributed by atoms with Gasteiger partial charge in [0.1, 0.15) is 5.75 Å². The number of unbranched alkanes of at least 4 members (excludes halogenated alkanes) is 1. The van der Waals surface area contributed by atoms with E-state index < -0.39 is 6.10 Å². The van der Waals surface area contributed by atoms with Crippen LogP contribution in [0.3, 0.4) is 0 Å². The molecule has 2 atom stereocenters. The number of ether oxygens (including phenoxy) is 3. The fourth-order valence-electron chi connectivity index (χ4n) is 4.69. The molecule has 1 aliphatic heterocycles. The van der Waals surface area contributed by atoms with E-state index in [0.717, 1.165) is 68.0 Å². The van der Waals surface area contributed by atoms with E-state index in [1.165, 1.54) is 0 Å². The van der Waals surface area contributed by atoms with Gasteiger partial charge in [-0.1, -0.05) is 56.7 Å². The molecule has 0 saturated carbocycles. The highest BCUT2D eigenvalue weighted by Crippen LogP contribution is 2.32. The van der Waals surface area contributed by atoms with E-state index in [1.54, 1.807) is 0 Å². The SMILES string of the molecule is CCCCOCC(O)CN(Cc1c(CC)nn(-c2ccccc2)c1Oc1ccccc1)CC1CCCO1. The number of rotatable bonds is 15. The first-order chi connectivity index (χ1) is 18.2. The van der Waals surface area contributed by atoms with Gasteiger partial charge in [-0.2, -0.15) is 5.10 Å². The highest BCUT2D eigenvalue weighted by atomic mass is 16.5. The summed E-state index contributed by atoms with van der Waals surface area (Å²) in [4.78, 5) is 2.27. The molecule has 3 aromatic rings. The lowest BCUT2D eigenvalue weighted by molar-refractivity contribution is 0.00135. The molecule has 0 radical (unpaired) electrons. The van der Waals surface area contributed by atoms with Crippen molar-refractivity contribution in [1.82, 2.24) is 14.7 Å². The lowest BCUT2D eigenvalue weighted by Crippen LogP contribution is -2.39. The van der Waals surface area contributed by atoms with Crippen molar-refractivity contribution in [3.8, 4) is 17.3 Å². The zero-order chi connectivity index (χ0) is 25.9. The third kappa shape index (κ3) is 7.89. The van der Waals surface area contributed by atoms with E-state index in [0.29, 0.717) is 32.2 Å². The predicted molar refractivity (Wildman–Crippen MR) is 145 cm³/mol. The van der Waals surface area contributed by atoms with Crippen LogP contribution in [0.25, 0.3) is 5.69 Å². The van der Waals surface area contributed by atoms with E-state index in [4.69, 9.17) is 19.3 Å². The number of hydrogen-bond acceptors (Lipinski definition) is 6. The molecule has 2 aromatic carbocycles. The molecule has 200 valence electrons. The largest absolute Gasteiger partial charge is 0.439 e. The molecule has 2 unspecified atom stereocenters. The van der Waals surface area contributed by atoms with Crippen LogP contribution in [0.2, 0.25) is 0 Å². The van der Waals surface area contributed by atoms with Crippen LogP contribution in [0.5, 0.6) is 11.6 Å². The van der Waals surface area contributed by atoms with E-state index in [2.05, 4.69) is 18.7 Å². The van der Waals surface area contributed by atoms with Crippen molar-refractivity contribution in [1.29, 1.82) is 0 Å². The number of nitrogens with zero attached hydrogens (tertiary/aromatic N) is 3. The van der Waals surface area contributed by atoms with Crippen molar-refractivity contribution < 1.29 is 19.3 Å². The molecule has 0 amide bonds. The Labute approximate surface area is 221 Å².